The fourth-order valence-corrected chi connectivity index (χ4v) is 3.89. The molecule has 1 aliphatic heterocycles. The third-order valence-electron chi connectivity index (χ3n) is 5.63. The second-order valence-electron chi connectivity index (χ2n) is 7.62. The SMILES string of the molecule is CNc1ccc(-c2nc(N3CCOCC3)nc(-n3c(C(F)F)nc4c(OC)cccc43)n2)cc1. The average molecular weight is 467 g/mol. The van der Waals surface area contributed by atoms with E-state index in [0.717, 1.165) is 11.3 Å². The monoisotopic (exact) mass is 467 g/mol. The van der Waals surface area contributed by atoms with E-state index in [4.69, 9.17) is 9.47 Å². The van der Waals surface area contributed by atoms with Gasteiger partial charge in [0.15, 0.2) is 11.6 Å². The Labute approximate surface area is 194 Å². The summed E-state index contributed by atoms with van der Waals surface area (Å²) in [5, 5.41) is 3.07. The number of hydrogen-bond acceptors (Lipinski definition) is 8. The number of halogens is 2. The van der Waals surface area contributed by atoms with Gasteiger partial charge < -0.3 is 19.7 Å². The molecule has 1 N–H and O–H groups in total. The number of aromatic nitrogens is 5. The van der Waals surface area contributed by atoms with Crippen molar-refractivity contribution in [1.82, 2.24) is 24.5 Å². The lowest BCUT2D eigenvalue weighted by Gasteiger charge is -2.27. The molecule has 4 aromatic rings. The van der Waals surface area contributed by atoms with E-state index in [-0.39, 0.29) is 5.95 Å². The molecular formula is C23H23F2N7O2. The zero-order valence-electron chi connectivity index (χ0n) is 18.7. The molecule has 0 saturated carbocycles. The predicted octanol–water partition coefficient (Wildman–Crippen LogP) is 3.70. The number of methoxy groups -OCH3 is 1. The Bertz CT molecular complexity index is 1300. The third kappa shape index (κ3) is 3.98. The van der Waals surface area contributed by atoms with Crippen molar-refractivity contribution >= 4 is 22.7 Å². The lowest BCUT2D eigenvalue weighted by atomic mass is 10.2. The van der Waals surface area contributed by atoms with Crippen LogP contribution in [0.15, 0.2) is 42.5 Å². The smallest absolute Gasteiger partial charge is 0.296 e. The molecule has 0 bridgehead atoms. The van der Waals surface area contributed by atoms with Crippen molar-refractivity contribution in [3.8, 4) is 23.1 Å². The van der Waals surface area contributed by atoms with E-state index in [0.29, 0.717) is 54.9 Å². The average Bonchev–Trinajstić information content (AvgIpc) is 3.29. The van der Waals surface area contributed by atoms with Gasteiger partial charge in [0, 0.05) is 31.4 Å². The summed E-state index contributed by atoms with van der Waals surface area (Å²) in [7, 11) is 3.30. The maximum atomic E-state index is 14.1. The van der Waals surface area contributed by atoms with Crippen molar-refractivity contribution in [2.24, 2.45) is 0 Å². The molecule has 1 fully saturated rings. The van der Waals surface area contributed by atoms with Crippen LogP contribution in [0.25, 0.3) is 28.4 Å². The first-order chi connectivity index (χ1) is 16.6. The summed E-state index contributed by atoms with van der Waals surface area (Å²) >= 11 is 0. The van der Waals surface area contributed by atoms with E-state index in [2.05, 4.69) is 25.3 Å². The van der Waals surface area contributed by atoms with Gasteiger partial charge in [-0.3, -0.25) is 4.57 Å². The topological polar surface area (TPSA) is 90.2 Å². The molecule has 176 valence electrons. The normalized spacial score (nSPS) is 14.1. The Kier molecular flexibility index (Phi) is 5.93. The molecular weight excluding hydrogens is 444 g/mol. The molecule has 1 aliphatic rings. The molecule has 0 spiro atoms. The summed E-state index contributed by atoms with van der Waals surface area (Å²) in [6.07, 6.45) is -2.85. The van der Waals surface area contributed by atoms with Crippen LogP contribution in [0.2, 0.25) is 0 Å². The van der Waals surface area contributed by atoms with Crippen LogP contribution in [0, 0.1) is 0 Å². The van der Waals surface area contributed by atoms with Crippen LogP contribution >= 0.6 is 0 Å². The number of nitrogens with zero attached hydrogens (tertiary/aromatic N) is 6. The molecule has 2 aromatic heterocycles. The summed E-state index contributed by atoms with van der Waals surface area (Å²) in [5.41, 5.74) is 2.40. The van der Waals surface area contributed by atoms with E-state index in [1.807, 2.05) is 36.2 Å². The number of anilines is 2. The highest BCUT2D eigenvalue weighted by Crippen LogP contribution is 2.32. The maximum absolute atomic E-state index is 14.1. The van der Waals surface area contributed by atoms with E-state index >= 15 is 0 Å². The van der Waals surface area contributed by atoms with Crippen LogP contribution in [0.5, 0.6) is 5.75 Å². The Morgan fingerprint density at radius 2 is 1.71 bits per heavy atom. The molecule has 0 aliphatic carbocycles. The van der Waals surface area contributed by atoms with Crippen molar-refractivity contribution in [2.75, 3.05) is 50.7 Å². The second kappa shape index (κ2) is 9.18. The lowest BCUT2D eigenvalue weighted by Crippen LogP contribution is -2.37. The molecule has 34 heavy (non-hydrogen) atoms. The molecule has 11 heteroatoms. The summed E-state index contributed by atoms with van der Waals surface area (Å²) in [5.74, 6) is 0.763. The predicted molar refractivity (Wildman–Crippen MR) is 124 cm³/mol. The number of benzene rings is 2. The van der Waals surface area contributed by atoms with E-state index < -0.39 is 12.2 Å². The fourth-order valence-electron chi connectivity index (χ4n) is 3.89. The van der Waals surface area contributed by atoms with Crippen LogP contribution in [0.4, 0.5) is 20.4 Å². The molecule has 9 nitrogen and oxygen atoms in total. The van der Waals surface area contributed by atoms with E-state index in [9.17, 15) is 8.78 Å². The first-order valence-electron chi connectivity index (χ1n) is 10.8. The van der Waals surface area contributed by atoms with Gasteiger partial charge in [-0.2, -0.15) is 15.0 Å². The highest BCUT2D eigenvalue weighted by atomic mass is 19.3. The number of ether oxygens (including phenoxy) is 2. The van der Waals surface area contributed by atoms with Crippen LogP contribution in [0.1, 0.15) is 12.2 Å². The van der Waals surface area contributed by atoms with Gasteiger partial charge in [-0.15, -0.1) is 0 Å². The Morgan fingerprint density at radius 3 is 2.38 bits per heavy atom. The number of rotatable bonds is 6. The number of fused-ring (bicyclic) bond motifs is 1. The van der Waals surface area contributed by atoms with Gasteiger partial charge in [0.25, 0.3) is 6.43 Å². The van der Waals surface area contributed by atoms with Gasteiger partial charge in [-0.1, -0.05) is 6.07 Å². The van der Waals surface area contributed by atoms with Crippen molar-refractivity contribution in [1.29, 1.82) is 0 Å². The number of imidazole rings is 1. The van der Waals surface area contributed by atoms with Crippen LogP contribution in [0.3, 0.4) is 0 Å². The first-order valence-corrected chi connectivity index (χ1v) is 10.8. The van der Waals surface area contributed by atoms with Crippen molar-refractivity contribution in [3.63, 3.8) is 0 Å². The highest BCUT2D eigenvalue weighted by Gasteiger charge is 2.26. The number of morpholine rings is 1. The molecule has 0 radical (unpaired) electrons. The molecule has 0 amide bonds. The number of alkyl halides is 2. The number of hydrogen-bond donors (Lipinski definition) is 1. The zero-order chi connectivity index (χ0) is 23.7. The largest absolute Gasteiger partial charge is 0.494 e. The van der Waals surface area contributed by atoms with Gasteiger partial charge in [0.1, 0.15) is 11.3 Å². The fraction of sp³-hybridized carbons (Fsp3) is 0.304. The van der Waals surface area contributed by atoms with Crippen LogP contribution in [-0.2, 0) is 4.74 Å². The lowest BCUT2D eigenvalue weighted by molar-refractivity contribution is 0.122. The quantitative estimate of drug-likeness (QED) is 0.459. The molecule has 5 rings (SSSR count). The zero-order valence-corrected chi connectivity index (χ0v) is 18.7. The summed E-state index contributed by atoms with van der Waals surface area (Å²) in [6, 6.07) is 12.6. The first kappa shape index (κ1) is 22.0. The standard InChI is InChI=1S/C23H23F2N7O2/c1-26-15-8-6-14(7-9-15)20-28-22(31-10-12-34-13-11-31)30-23(29-20)32-16-4-3-5-17(33-2)18(16)27-21(32)19(24)25/h3-9,19,26H,10-13H2,1-2H3. The molecule has 1 saturated heterocycles. The summed E-state index contributed by atoms with van der Waals surface area (Å²) in [4.78, 5) is 20.0. The molecule has 2 aromatic carbocycles. The number of nitrogens with one attached hydrogen (secondary N) is 1. The summed E-state index contributed by atoms with van der Waals surface area (Å²) in [6.45, 7) is 2.23. The third-order valence-corrected chi connectivity index (χ3v) is 5.63. The molecule has 0 atom stereocenters. The second-order valence-corrected chi connectivity index (χ2v) is 7.62. The van der Waals surface area contributed by atoms with E-state index in [1.165, 1.54) is 11.7 Å². The van der Waals surface area contributed by atoms with Gasteiger partial charge in [-0.05, 0) is 36.4 Å². The van der Waals surface area contributed by atoms with Crippen molar-refractivity contribution in [3.05, 3.63) is 48.3 Å². The van der Waals surface area contributed by atoms with Crippen LogP contribution in [-0.4, -0.2) is 65.0 Å². The van der Waals surface area contributed by atoms with Gasteiger partial charge in [0.05, 0.1) is 25.8 Å². The van der Waals surface area contributed by atoms with Crippen molar-refractivity contribution in [2.45, 2.75) is 6.43 Å². The Hall–Kier alpha value is -3.86. The summed E-state index contributed by atoms with van der Waals surface area (Å²) < 4.78 is 40.3. The Morgan fingerprint density at radius 1 is 0.971 bits per heavy atom. The number of para-hydroxylation sites is 1. The van der Waals surface area contributed by atoms with E-state index in [1.54, 1.807) is 18.2 Å². The van der Waals surface area contributed by atoms with Gasteiger partial charge >= 0.3 is 0 Å². The van der Waals surface area contributed by atoms with Crippen LogP contribution < -0.4 is 15.0 Å². The van der Waals surface area contributed by atoms with Crippen molar-refractivity contribution < 1.29 is 18.3 Å². The minimum absolute atomic E-state index is 0.0650. The molecule has 0 unspecified atom stereocenters. The van der Waals surface area contributed by atoms with Gasteiger partial charge in [-0.25, -0.2) is 13.8 Å². The Balaban J connectivity index is 1.73. The highest BCUT2D eigenvalue weighted by molar-refractivity contribution is 5.84. The molecule has 3 heterocycles. The maximum Gasteiger partial charge on any atom is 0.296 e. The minimum atomic E-state index is -2.85. The van der Waals surface area contributed by atoms with Gasteiger partial charge in [0.2, 0.25) is 11.9 Å². The minimum Gasteiger partial charge on any atom is -0.494 e.